The predicted molar refractivity (Wildman–Crippen MR) is 66.1 cm³/mol. The minimum Gasteiger partial charge on any atom is -0.512 e. The van der Waals surface area contributed by atoms with E-state index >= 15 is 0 Å². The summed E-state index contributed by atoms with van der Waals surface area (Å²) in [6.07, 6.45) is 1.84. The average molecular weight is 216 g/mol. The Balaban J connectivity index is 3.30. The van der Waals surface area contributed by atoms with Crippen LogP contribution in [0.2, 0.25) is 0 Å². The molecule has 0 bridgehead atoms. The van der Waals surface area contributed by atoms with Crippen LogP contribution in [-0.2, 0) is 4.79 Å². The van der Waals surface area contributed by atoms with E-state index in [1.807, 2.05) is 43.3 Å². The van der Waals surface area contributed by atoms with Crippen molar-refractivity contribution < 1.29 is 9.90 Å². The molecule has 84 valence electrons. The summed E-state index contributed by atoms with van der Waals surface area (Å²) in [6.45, 7) is 4.85. The van der Waals surface area contributed by atoms with Crippen molar-refractivity contribution in [3.8, 4) is 0 Å². The molecule has 0 amide bonds. The van der Waals surface area contributed by atoms with Crippen LogP contribution in [0.15, 0.2) is 47.7 Å². The minimum absolute atomic E-state index is 0.0597. The number of carbonyl (C=O) groups excluding carboxylic acids is 1. The largest absolute Gasteiger partial charge is 0.512 e. The highest BCUT2D eigenvalue weighted by Gasteiger charge is 2.14. The zero-order chi connectivity index (χ0) is 12.1. The van der Waals surface area contributed by atoms with Gasteiger partial charge in [-0.2, -0.15) is 0 Å². The van der Waals surface area contributed by atoms with Crippen molar-refractivity contribution in [3.63, 3.8) is 0 Å². The molecule has 16 heavy (non-hydrogen) atoms. The Morgan fingerprint density at radius 2 is 1.75 bits per heavy atom. The van der Waals surface area contributed by atoms with Gasteiger partial charge in [0.15, 0.2) is 5.78 Å². The van der Waals surface area contributed by atoms with Crippen LogP contribution in [0.5, 0.6) is 0 Å². The Morgan fingerprint density at radius 1 is 1.19 bits per heavy atom. The molecule has 1 N–H and O–H groups in total. The number of aliphatic hydroxyl groups excluding tert-OH is 1. The first-order chi connectivity index (χ1) is 7.57. The van der Waals surface area contributed by atoms with Crippen molar-refractivity contribution in [2.75, 3.05) is 0 Å². The van der Waals surface area contributed by atoms with Crippen LogP contribution in [0.25, 0.3) is 5.57 Å². The van der Waals surface area contributed by atoms with Gasteiger partial charge in [0.25, 0.3) is 0 Å². The van der Waals surface area contributed by atoms with Crippen molar-refractivity contribution in [3.05, 3.63) is 53.3 Å². The normalized spacial score (nSPS) is 13.3. The SMILES string of the molecule is C/C=C(/C(C(C)=O)=C(\C)O)c1ccccc1. The van der Waals surface area contributed by atoms with E-state index < -0.39 is 0 Å². The van der Waals surface area contributed by atoms with Crippen LogP contribution < -0.4 is 0 Å². The molecule has 0 fully saturated rings. The number of hydrogen-bond acceptors (Lipinski definition) is 2. The quantitative estimate of drug-likeness (QED) is 0.477. The molecule has 1 aromatic carbocycles. The molecule has 1 aromatic rings. The molecule has 0 heterocycles. The Labute approximate surface area is 95.9 Å². The minimum atomic E-state index is -0.128. The highest BCUT2D eigenvalue weighted by molar-refractivity contribution is 6.09. The molecule has 0 aliphatic carbocycles. The predicted octanol–water partition coefficient (Wildman–Crippen LogP) is 3.51. The fraction of sp³-hybridized carbons (Fsp3) is 0.214. The summed E-state index contributed by atoms with van der Waals surface area (Å²) in [5.74, 6) is -0.0681. The number of carbonyl (C=O) groups is 1. The second-order valence-electron chi connectivity index (χ2n) is 3.58. The summed E-state index contributed by atoms with van der Waals surface area (Å²) in [6, 6.07) is 9.56. The van der Waals surface area contributed by atoms with Gasteiger partial charge >= 0.3 is 0 Å². The van der Waals surface area contributed by atoms with Crippen LogP contribution in [0.1, 0.15) is 26.3 Å². The average Bonchev–Trinajstić information content (AvgIpc) is 2.25. The van der Waals surface area contributed by atoms with Gasteiger partial charge in [-0.3, -0.25) is 4.79 Å². The van der Waals surface area contributed by atoms with Gasteiger partial charge in [0.2, 0.25) is 0 Å². The van der Waals surface area contributed by atoms with Crippen LogP contribution in [0.3, 0.4) is 0 Å². The van der Waals surface area contributed by atoms with Crippen LogP contribution in [0.4, 0.5) is 0 Å². The lowest BCUT2D eigenvalue weighted by Gasteiger charge is -2.10. The molecule has 2 heteroatoms. The Morgan fingerprint density at radius 3 is 2.12 bits per heavy atom. The number of rotatable bonds is 3. The van der Waals surface area contributed by atoms with Crippen LogP contribution >= 0.6 is 0 Å². The molecule has 0 saturated carbocycles. The summed E-state index contributed by atoms with van der Waals surface area (Å²) in [5, 5.41) is 9.56. The van der Waals surface area contributed by atoms with Gasteiger partial charge in [-0.1, -0.05) is 36.4 Å². The number of benzene rings is 1. The molecular weight excluding hydrogens is 200 g/mol. The standard InChI is InChI=1S/C14H16O2/c1-4-13(12-8-6-5-7-9-12)14(10(2)15)11(3)16/h4-9,15H,1-3H3/b13-4+,14-10+. The van der Waals surface area contributed by atoms with Crippen molar-refractivity contribution in [2.45, 2.75) is 20.8 Å². The van der Waals surface area contributed by atoms with E-state index in [-0.39, 0.29) is 11.5 Å². The zero-order valence-electron chi connectivity index (χ0n) is 9.82. The molecule has 0 saturated heterocycles. The summed E-state index contributed by atoms with van der Waals surface area (Å²) in [7, 11) is 0. The molecule has 0 spiro atoms. The maximum Gasteiger partial charge on any atom is 0.163 e. The first-order valence-corrected chi connectivity index (χ1v) is 5.20. The summed E-state index contributed by atoms with van der Waals surface area (Å²) >= 11 is 0. The maximum atomic E-state index is 11.5. The Hall–Kier alpha value is -1.83. The topological polar surface area (TPSA) is 37.3 Å². The van der Waals surface area contributed by atoms with Gasteiger partial charge in [0, 0.05) is 0 Å². The number of ketones is 1. The van der Waals surface area contributed by atoms with Crippen molar-refractivity contribution in [1.82, 2.24) is 0 Å². The van der Waals surface area contributed by atoms with Gasteiger partial charge < -0.3 is 5.11 Å². The highest BCUT2D eigenvalue weighted by Crippen LogP contribution is 2.25. The Bertz CT molecular complexity index is 435. The third-order valence-corrected chi connectivity index (χ3v) is 2.36. The van der Waals surface area contributed by atoms with E-state index in [2.05, 4.69) is 0 Å². The lowest BCUT2D eigenvalue weighted by molar-refractivity contribution is -0.113. The molecular formula is C14H16O2. The number of aliphatic hydroxyl groups is 1. The molecule has 0 radical (unpaired) electrons. The smallest absolute Gasteiger partial charge is 0.163 e. The van der Waals surface area contributed by atoms with Crippen LogP contribution in [-0.4, -0.2) is 10.9 Å². The third kappa shape index (κ3) is 2.60. The first kappa shape index (κ1) is 12.2. The molecule has 0 aliphatic heterocycles. The van der Waals surface area contributed by atoms with Gasteiger partial charge in [-0.15, -0.1) is 0 Å². The van der Waals surface area contributed by atoms with E-state index in [1.54, 1.807) is 0 Å². The molecule has 2 nitrogen and oxygen atoms in total. The van der Waals surface area contributed by atoms with Gasteiger partial charge in [0.05, 0.1) is 5.57 Å². The van der Waals surface area contributed by atoms with Crippen LogP contribution in [0, 0.1) is 0 Å². The monoisotopic (exact) mass is 216 g/mol. The van der Waals surface area contributed by atoms with Crippen molar-refractivity contribution in [2.24, 2.45) is 0 Å². The molecule has 0 unspecified atom stereocenters. The van der Waals surface area contributed by atoms with Gasteiger partial charge in [0.1, 0.15) is 5.76 Å². The molecule has 0 atom stereocenters. The van der Waals surface area contributed by atoms with Crippen molar-refractivity contribution in [1.29, 1.82) is 0 Å². The number of Topliss-reactive ketones (excluding diaryl/α,β-unsaturated/α-hetero) is 1. The zero-order valence-corrected chi connectivity index (χ0v) is 9.82. The molecule has 0 aromatic heterocycles. The lowest BCUT2D eigenvalue weighted by atomic mass is 9.94. The van der Waals surface area contributed by atoms with Gasteiger partial charge in [-0.25, -0.2) is 0 Å². The summed E-state index contributed by atoms with van der Waals surface area (Å²) in [5.41, 5.74) is 2.09. The number of allylic oxidation sites excluding steroid dienone is 4. The third-order valence-electron chi connectivity index (χ3n) is 2.36. The van der Waals surface area contributed by atoms with E-state index in [0.29, 0.717) is 5.57 Å². The second-order valence-corrected chi connectivity index (χ2v) is 3.58. The lowest BCUT2D eigenvalue weighted by Crippen LogP contribution is -2.03. The van der Waals surface area contributed by atoms with E-state index in [4.69, 9.17) is 0 Å². The molecule has 0 aliphatic rings. The van der Waals surface area contributed by atoms with E-state index in [0.717, 1.165) is 11.1 Å². The van der Waals surface area contributed by atoms with E-state index in [1.165, 1.54) is 13.8 Å². The summed E-state index contributed by atoms with van der Waals surface area (Å²) in [4.78, 5) is 11.5. The van der Waals surface area contributed by atoms with E-state index in [9.17, 15) is 9.90 Å². The summed E-state index contributed by atoms with van der Waals surface area (Å²) < 4.78 is 0. The Kier molecular flexibility index (Phi) is 4.06. The fourth-order valence-electron chi connectivity index (χ4n) is 1.71. The second kappa shape index (κ2) is 5.31. The molecule has 1 rings (SSSR count). The first-order valence-electron chi connectivity index (χ1n) is 5.20. The van der Waals surface area contributed by atoms with Crippen molar-refractivity contribution >= 4 is 11.4 Å². The maximum absolute atomic E-state index is 11.5. The fourth-order valence-corrected chi connectivity index (χ4v) is 1.71. The van der Waals surface area contributed by atoms with Gasteiger partial charge in [-0.05, 0) is 31.9 Å². The highest BCUT2D eigenvalue weighted by atomic mass is 16.3. The number of hydrogen-bond donors (Lipinski definition) is 1.